The summed E-state index contributed by atoms with van der Waals surface area (Å²) in [5.41, 5.74) is 2.83. The number of aromatic amines is 1. The predicted molar refractivity (Wildman–Crippen MR) is 179 cm³/mol. The number of aromatic nitrogens is 1. The first kappa shape index (κ1) is 35.9. The Labute approximate surface area is 284 Å². The summed E-state index contributed by atoms with van der Waals surface area (Å²) in [6, 6.07) is 17.5. The zero-order valence-corrected chi connectivity index (χ0v) is 30.6. The number of azo groups is 1. The number of sulfonamides is 1. The van der Waals surface area contributed by atoms with E-state index in [-0.39, 0.29) is 30.1 Å². The normalized spacial score (nSPS) is 10.9. The van der Waals surface area contributed by atoms with Crippen LogP contribution in [0.5, 0.6) is 0 Å². The maximum absolute atomic E-state index is 12.6. The molecule has 214 valence electrons. The van der Waals surface area contributed by atoms with Crippen LogP contribution in [-0.2, 0) is 76.2 Å². The van der Waals surface area contributed by atoms with Crippen molar-refractivity contribution in [2.24, 2.45) is 10.2 Å². The van der Waals surface area contributed by atoms with Crippen LogP contribution in [0.25, 0.3) is 14.9 Å². The summed E-state index contributed by atoms with van der Waals surface area (Å²) in [4.78, 5) is 24.5. The minimum atomic E-state index is -3.96. The quantitative estimate of drug-likeness (QED) is 0.0509. The van der Waals surface area contributed by atoms with Crippen LogP contribution >= 0.6 is 34.5 Å². The number of rotatable bonds is 8. The Morgan fingerprint density at radius 3 is 2.24 bits per heavy atom. The van der Waals surface area contributed by atoms with Crippen molar-refractivity contribution in [3.63, 3.8) is 0 Å². The number of carbonyl (C=O) groups is 2. The number of carbonyl (C=O) groups excluding carboxylic acids is 2. The van der Waals surface area contributed by atoms with Gasteiger partial charge in [-0.05, 0) is 48.5 Å². The second kappa shape index (κ2) is 16.5. The SMILES string of the molecule is CN(C=O)C(=[SH+])[SH2+].O=C(Nc1ccc(S(=O)(=O)[N-]c2ccc(N=Nc3ccc4[nH]c(=[SH+])[sH+]c4c3)cc2)cc1)C(Cl)Cl.[Zn+2]. The van der Waals surface area contributed by atoms with Crippen LogP contribution in [0.2, 0.25) is 0 Å². The van der Waals surface area contributed by atoms with Crippen molar-refractivity contribution >= 4 is 131 Å². The van der Waals surface area contributed by atoms with Crippen molar-refractivity contribution in [1.82, 2.24) is 9.88 Å². The van der Waals surface area contributed by atoms with E-state index in [1.807, 2.05) is 18.2 Å². The van der Waals surface area contributed by atoms with Crippen molar-refractivity contribution in [3.8, 4) is 0 Å². The Bertz CT molecular complexity index is 1750. The molecule has 0 aliphatic carbocycles. The number of thiol groups is 2. The summed E-state index contributed by atoms with van der Waals surface area (Å²) in [6.45, 7) is 0. The molecule has 0 bridgehead atoms. The number of halogens is 2. The van der Waals surface area contributed by atoms with Crippen LogP contribution in [0.4, 0.5) is 22.7 Å². The number of hydrogen-bond acceptors (Lipinski definition) is 6. The van der Waals surface area contributed by atoms with Crippen LogP contribution in [0.3, 0.4) is 0 Å². The number of nitrogens with zero attached hydrogens (tertiary/aromatic N) is 4. The van der Waals surface area contributed by atoms with Crippen molar-refractivity contribution in [3.05, 3.63) is 75.4 Å². The topological polar surface area (TPSA) is 138 Å². The van der Waals surface area contributed by atoms with Crippen LogP contribution in [0.15, 0.2) is 81.9 Å². The molecule has 10 nitrogen and oxygen atoms in total. The average Bonchev–Trinajstić information content (AvgIpc) is 3.31. The molecule has 0 aliphatic heterocycles. The molecule has 4 rings (SSSR count). The minimum absolute atomic E-state index is 0. The molecule has 2 N–H and O–H groups in total. The first-order valence-electron chi connectivity index (χ1n) is 11.2. The van der Waals surface area contributed by atoms with E-state index in [0.717, 1.165) is 25.5 Å². The van der Waals surface area contributed by atoms with E-state index in [1.165, 1.54) is 41.3 Å². The van der Waals surface area contributed by atoms with Gasteiger partial charge in [0.15, 0.2) is 4.84 Å². The average molecular weight is 756 g/mol. The molecule has 3 aromatic carbocycles. The third kappa shape index (κ3) is 10.8. The van der Waals surface area contributed by atoms with Gasteiger partial charge in [0.1, 0.15) is 15.5 Å². The number of H-pyrrole nitrogens is 1. The van der Waals surface area contributed by atoms with Gasteiger partial charge in [0, 0.05) is 18.8 Å². The summed E-state index contributed by atoms with van der Waals surface area (Å²) >= 11 is 23.1. The molecule has 0 unspecified atom stereocenters. The number of benzene rings is 3. The molecule has 4 aromatic rings. The van der Waals surface area contributed by atoms with Gasteiger partial charge in [-0.25, -0.2) is 13.3 Å². The molecule has 18 heteroatoms. The molecule has 0 aliphatic rings. The van der Waals surface area contributed by atoms with E-state index >= 15 is 0 Å². The summed E-state index contributed by atoms with van der Waals surface area (Å²) in [6.07, 6.45) is 0.662. The Balaban J connectivity index is 0.000000687. The molecule has 0 saturated heterocycles. The Kier molecular flexibility index (Phi) is 14.1. The number of fused-ring (bicyclic) bond motifs is 1. The monoisotopic (exact) mass is 753 g/mol. The van der Waals surface area contributed by atoms with Crippen LogP contribution in [-0.4, -0.2) is 46.8 Å². The third-order valence-electron chi connectivity index (χ3n) is 4.92. The van der Waals surface area contributed by atoms with Gasteiger partial charge in [-0.15, -0.1) is 5.69 Å². The molecular weight excluding hydrogens is 733 g/mol. The first-order chi connectivity index (χ1) is 19.4. The predicted octanol–water partition coefficient (Wildman–Crippen LogP) is 4.77. The number of thiazole rings is 1. The molecule has 2 amide bonds. The van der Waals surface area contributed by atoms with Crippen LogP contribution in [0.1, 0.15) is 0 Å². The van der Waals surface area contributed by atoms with Crippen molar-refractivity contribution < 1.29 is 37.5 Å². The van der Waals surface area contributed by atoms with E-state index in [4.69, 9.17) is 23.2 Å². The summed E-state index contributed by atoms with van der Waals surface area (Å²) in [7, 11) is -2.36. The molecular formula is C24H23Cl2N6O4S5Zn+5. The van der Waals surface area contributed by atoms with Gasteiger partial charge in [-0.2, -0.15) is 10.2 Å². The number of nitrogens with one attached hydrogen (secondary N) is 2. The van der Waals surface area contributed by atoms with Crippen molar-refractivity contribution in [2.75, 3.05) is 12.4 Å². The maximum Gasteiger partial charge on any atom is 2.00 e. The third-order valence-corrected chi connectivity index (χ3v) is 8.65. The van der Waals surface area contributed by atoms with E-state index < -0.39 is 20.8 Å². The zero-order valence-electron chi connectivity index (χ0n) is 21.6. The summed E-state index contributed by atoms with van der Waals surface area (Å²) < 4.78 is 31.5. The fourth-order valence-corrected chi connectivity index (χ4v) is 5.38. The van der Waals surface area contributed by atoms with Gasteiger partial charge in [-0.3, -0.25) is 14.6 Å². The second-order valence-corrected chi connectivity index (χ2v) is 13.9. The van der Waals surface area contributed by atoms with E-state index in [9.17, 15) is 18.0 Å². The number of amides is 2. The number of anilines is 1. The van der Waals surface area contributed by atoms with Crippen molar-refractivity contribution in [1.29, 1.82) is 0 Å². The molecule has 1 heterocycles. The first-order valence-corrected chi connectivity index (χ1v) is 15.8. The van der Waals surface area contributed by atoms with Crippen molar-refractivity contribution in [2.45, 2.75) is 9.73 Å². The molecule has 0 spiro atoms. The van der Waals surface area contributed by atoms with E-state index in [1.54, 1.807) is 19.2 Å². The summed E-state index contributed by atoms with van der Waals surface area (Å²) in [5.74, 6) is -0.612. The summed E-state index contributed by atoms with van der Waals surface area (Å²) in [5, 5.41) is 10.9. The molecule has 0 saturated carbocycles. The molecule has 1 aromatic heterocycles. The largest absolute Gasteiger partial charge is 2.00 e. The van der Waals surface area contributed by atoms with E-state index in [0.29, 0.717) is 27.8 Å². The van der Waals surface area contributed by atoms with Gasteiger partial charge in [0.05, 0.1) is 40.2 Å². The van der Waals surface area contributed by atoms with Gasteiger partial charge in [-0.1, -0.05) is 35.3 Å². The fraction of sp³-hybridized carbons (Fsp3) is 0.0833. The fourth-order valence-electron chi connectivity index (χ4n) is 2.89. The van der Waals surface area contributed by atoms with Gasteiger partial charge >= 0.3 is 27.8 Å². The number of alkyl halides is 2. The Hall–Kier alpha value is -2.30. The molecule has 0 fully saturated rings. The standard InChI is InChI=1S/C21H15Cl2N5O3S3.C3H5NOS2.Zn/c22-19(23)20(29)24-12-5-8-16(9-6-12)34(30,31)28-14-3-1-13(2-4-14)26-27-15-7-10-17-18(11-15)33-21(32)25-17;1-4(2-5)3(6)7;/h1-11,19H,(H3,24,25,26,27,28,29,32);2H,1H3,(H,6,7);/q;;+2/p+3. The Morgan fingerprint density at radius 1 is 1.10 bits per heavy atom. The maximum atomic E-state index is 12.6. The van der Waals surface area contributed by atoms with Crippen LogP contribution < -0.4 is 5.32 Å². The van der Waals surface area contributed by atoms with Gasteiger partial charge in [0.25, 0.3) is 5.91 Å². The molecule has 0 radical (unpaired) electrons. The minimum Gasteiger partial charge on any atom is -0.573 e. The zero-order chi connectivity index (χ0) is 30.2. The van der Waals surface area contributed by atoms with E-state index in [2.05, 4.69) is 62.3 Å². The molecule has 42 heavy (non-hydrogen) atoms. The van der Waals surface area contributed by atoms with Gasteiger partial charge < -0.3 is 10.0 Å². The Morgan fingerprint density at radius 2 is 1.69 bits per heavy atom. The smallest absolute Gasteiger partial charge is 0.573 e. The second-order valence-electron chi connectivity index (χ2n) is 7.90. The number of hydrogen-bond donors (Lipinski definition) is 2. The molecule has 0 atom stereocenters. The van der Waals surface area contributed by atoms with Gasteiger partial charge in [0.2, 0.25) is 35.5 Å². The van der Waals surface area contributed by atoms with Crippen LogP contribution in [0, 0.1) is 3.95 Å².